The Morgan fingerprint density at radius 3 is 2.22 bits per heavy atom. The summed E-state index contributed by atoms with van der Waals surface area (Å²) in [4.78, 5) is 10.3. The minimum Gasteiger partial charge on any atom is -0.504 e. The molecule has 18 heavy (non-hydrogen) atoms. The van der Waals surface area contributed by atoms with Crippen molar-refractivity contribution in [3.05, 3.63) is 23.8 Å². The molecule has 0 aliphatic heterocycles. The van der Waals surface area contributed by atoms with E-state index in [1.807, 2.05) is 0 Å². The molecule has 1 rings (SSSR count). The van der Waals surface area contributed by atoms with Crippen LogP contribution < -0.4 is 4.74 Å². The number of hydrogen-bond donors (Lipinski definition) is 4. The van der Waals surface area contributed by atoms with Crippen LogP contribution in [0.1, 0.15) is 5.56 Å². The lowest BCUT2D eigenvalue weighted by Crippen LogP contribution is -2.00. The van der Waals surface area contributed by atoms with Crippen LogP contribution in [0.5, 0.6) is 11.5 Å². The molecule has 4 N–H and O–H groups in total. The summed E-state index contributed by atoms with van der Waals surface area (Å²) in [7, 11) is -3.25. The average Bonchev–Trinajstić information content (AvgIpc) is 2.17. The second kappa shape index (κ2) is 6.79. The first kappa shape index (κ1) is 16.2. The van der Waals surface area contributed by atoms with E-state index in [0.717, 1.165) is 0 Å². The average molecular weight is 280 g/mol. The van der Waals surface area contributed by atoms with E-state index in [9.17, 15) is 9.90 Å². The standard InChI is InChI=1S/C9H10O4.H2O4S/c1-13-8-4-6(5-9(11)12)2-3-7(8)10;1-5(2,3)4/h2-4,10H,5H2,1H3,(H,11,12);(H2,1,2,3,4). The molecule has 0 saturated heterocycles. The van der Waals surface area contributed by atoms with Crippen LogP contribution in [-0.4, -0.2) is 40.8 Å². The van der Waals surface area contributed by atoms with Gasteiger partial charge in [-0.3, -0.25) is 13.9 Å². The molecular formula is C9H12O8S. The maximum absolute atomic E-state index is 10.3. The fourth-order valence-electron chi connectivity index (χ4n) is 1.01. The van der Waals surface area contributed by atoms with Crippen LogP contribution >= 0.6 is 0 Å². The normalized spacial score (nSPS) is 10.2. The molecule has 102 valence electrons. The molecule has 0 aromatic heterocycles. The van der Waals surface area contributed by atoms with Crippen LogP contribution in [0.2, 0.25) is 0 Å². The zero-order chi connectivity index (χ0) is 14.3. The van der Waals surface area contributed by atoms with Crippen molar-refractivity contribution in [1.29, 1.82) is 0 Å². The molecular weight excluding hydrogens is 268 g/mol. The SMILES string of the molecule is COc1cc(CC(=O)O)ccc1O.O=S(=O)(O)O. The summed E-state index contributed by atoms with van der Waals surface area (Å²) in [5.41, 5.74) is 0.599. The van der Waals surface area contributed by atoms with E-state index >= 15 is 0 Å². The Balaban J connectivity index is 0.000000494. The first-order chi connectivity index (χ1) is 8.13. The van der Waals surface area contributed by atoms with Crippen molar-refractivity contribution >= 4 is 16.4 Å². The number of ether oxygens (including phenoxy) is 1. The van der Waals surface area contributed by atoms with Crippen LogP contribution in [0.25, 0.3) is 0 Å². The van der Waals surface area contributed by atoms with Crippen LogP contribution in [0, 0.1) is 0 Å². The quantitative estimate of drug-likeness (QED) is 0.582. The number of phenols is 1. The zero-order valence-electron chi connectivity index (χ0n) is 9.27. The van der Waals surface area contributed by atoms with E-state index in [1.54, 1.807) is 6.07 Å². The van der Waals surface area contributed by atoms with Crippen molar-refractivity contribution in [1.82, 2.24) is 0 Å². The van der Waals surface area contributed by atoms with Crippen LogP contribution in [0.15, 0.2) is 18.2 Å². The summed E-state index contributed by atoms with van der Waals surface area (Å²) < 4.78 is 36.4. The first-order valence-electron chi connectivity index (χ1n) is 4.41. The van der Waals surface area contributed by atoms with Crippen LogP contribution in [0.3, 0.4) is 0 Å². The highest BCUT2D eigenvalue weighted by Gasteiger charge is 2.05. The van der Waals surface area contributed by atoms with Crippen molar-refractivity contribution in [3.63, 3.8) is 0 Å². The summed E-state index contributed by atoms with van der Waals surface area (Å²) >= 11 is 0. The number of aliphatic carboxylic acids is 1. The molecule has 0 heterocycles. The largest absolute Gasteiger partial charge is 0.504 e. The van der Waals surface area contributed by atoms with Crippen molar-refractivity contribution < 1.29 is 37.3 Å². The van der Waals surface area contributed by atoms with Gasteiger partial charge in [0.1, 0.15) is 0 Å². The Morgan fingerprint density at radius 1 is 1.33 bits per heavy atom. The van der Waals surface area contributed by atoms with Crippen LogP contribution in [-0.2, 0) is 21.6 Å². The Bertz CT molecular complexity index is 499. The molecule has 1 aromatic carbocycles. The predicted octanol–water partition coefficient (Wildman–Crippen LogP) is 0.375. The van der Waals surface area contributed by atoms with Crippen molar-refractivity contribution in [3.8, 4) is 11.5 Å². The van der Waals surface area contributed by atoms with Gasteiger partial charge in [0.15, 0.2) is 11.5 Å². The van der Waals surface area contributed by atoms with Gasteiger partial charge in [-0.15, -0.1) is 0 Å². The lowest BCUT2D eigenvalue weighted by molar-refractivity contribution is -0.136. The third-order valence-electron chi connectivity index (χ3n) is 1.60. The van der Waals surface area contributed by atoms with Gasteiger partial charge in [0.2, 0.25) is 0 Å². The molecule has 0 spiro atoms. The van der Waals surface area contributed by atoms with Gasteiger partial charge in [-0.1, -0.05) is 6.07 Å². The molecule has 0 amide bonds. The number of phenolic OH excluding ortho intramolecular Hbond substituents is 1. The zero-order valence-corrected chi connectivity index (χ0v) is 10.1. The molecule has 0 bridgehead atoms. The minimum absolute atomic E-state index is 0.0108. The summed E-state index contributed by atoms with van der Waals surface area (Å²) in [6.45, 7) is 0. The van der Waals surface area contributed by atoms with E-state index in [4.69, 9.17) is 27.4 Å². The lowest BCUT2D eigenvalue weighted by Gasteiger charge is -2.04. The van der Waals surface area contributed by atoms with E-state index in [2.05, 4.69) is 0 Å². The third-order valence-corrected chi connectivity index (χ3v) is 1.60. The smallest absolute Gasteiger partial charge is 0.394 e. The Labute approximate surface area is 103 Å². The first-order valence-corrected chi connectivity index (χ1v) is 5.80. The third kappa shape index (κ3) is 8.33. The van der Waals surface area contributed by atoms with Gasteiger partial charge in [0.05, 0.1) is 13.5 Å². The molecule has 0 saturated carbocycles. The monoisotopic (exact) mass is 280 g/mol. The van der Waals surface area contributed by atoms with Gasteiger partial charge in [-0.25, -0.2) is 0 Å². The van der Waals surface area contributed by atoms with Gasteiger partial charge in [-0.05, 0) is 17.7 Å². The molecule has 0 aliphatic carbocycles. The number of hydrogen-bond acceptors (Lipinski definition) is 5. The number of rotatable bonds is 3. The van der Waals surface area contributed by atoms with E-state index in [1.165, 1.54) is 19.2 Å². The molecule has 0 unspecified atom stereocenters. The number of carboxylic acid groups (broad SMARTS) is 1. The van der Waals surface area contributed by atoms with Crippen molar-refractivity contribution in [2.24, 2.45) is 0 Å². The number of methoxy groups -OCH3 is 1. The maximum atomic E-state index is 10.3. The second-order valence-corrected chi connectivity index (χ2v) is 3.92. The fourth-order valence-corrected chi connectivity index (χ4v) is 1.01. The van der Waals surface area contributed by atoms with Gasteiger partial charge < -0.3 is 14.9 Å². The van der Waals surface area contributed by atoms with Crippen LogP contribution in [0.4, 0.5) is 0 Å². The Kier molecular flexibility index (Phi) is 6.09. The molecule has 0 fully saturated rings. The predicted molar refractivity (Wildman–Crippen MR) is 60.2 cm³/mol. The van der Waals surface area contributed by atoms with Crippen molar-refractivity contribution in [2.45, 2.75) is 6.42 Å². The summed E-state index contributed by atoms with van der Waals surface area (Å²) in [6, 6.07) is 4.46. The molecule has 0 aliphatic rings. The fraction of sp³-hybridized carbons (Fsp3) is 0.222. The summed E-state index contributed by atoms with van der Waals surface area (Å²) in [5, 5.41) is 17.7. The van der Waals surface area contributed by atoms with Gasteiger partial charge in [0.25, 0.3) is 0 Å². The second-order valence-electron chi connectivity index (χ2n) is 3.02. The number of benzene rings is 1. The molecule has 8 nitrogen and oxygen atoms in total. The molecule has 9 heteroatoms. The highest BCUT2D eigenvalue weighted by molar-refractivity contribution is 7.79. The summed E-state index contributed by atoms with van der Waals surface area (Å²) in [5.74, 6) is -0.608. The van der Waals surface area contributed by atoms with Gasteiger partial charge in [-0.2, -0.15) is 8.42 Å². The molecule has 0 atom stereocenters. The van der Waals surface area contributed by atoms with E-state index in [0.29, 0.717) is 11.3 Å². The van der Waals surface area contributed by atoms with Gasteiger partial charge in [0, 0.05) is 0 Å². The number of carbonyl (C=O) groups is 1. The topological polar surface area (TPSA) is 141 Å². The van der Waals surface area contributed by atoms with E-state index < -0.39 is 16.4 Å². The summed E-state index contributed by atoms with van der Waals surface area (Å²) in [6.07, 6.45) is -0.0728. The highest BCUT2D eigenvalue weighted by Crippen LogP contribution is 2.26. The molecule has 0 radical (unpaired) electrons. The van der Waals surface area contributed by atoms with E-state index in [-0.39, 0.29) is 12.2 Å². The lowest BCUT2D eigenvalue weighted by atomic mass is 10.1. The number of aromatic hydroxyl groups is 1. The van der Waals surface area contributed by atoms with Gasteiger partial charge >= 0.3 is 16.4 Å². The maximum Gasteiger partial charge on any atom is 0.394 e. The molecule has 1 aromatic rings. The Hall–Kier alpha value is -1.84. The highest BCUT2D eigenvalue weighted by atomic mass is 32.3. The minimum atomic E-state index is -4.67. The van der Waals surface area contributed by atoms with Crippen molar-refractivity contribution in [2.75, 3.05) is 7.11 Å². The Morgan fingerprint density at radius 2 is 1.83 bits per heavy atom. The number of carboxylic acids is 1.